The zero-order valence-corrected chi connectivity index (χ0v) is 15.5. The molecule has 0 radical (unpaired) electrons. The Morgan fingerprint density at radius 1 is 1.04 bits per heavy atom. The fourth-order valence-electron chi connectivity index (χ4n) is 2.60. The smallest absolute Gasteiger partial charge is 0.214 e. The van der Waals surface area contributed by atoms with Crippen molar-refractivity contribution in [3.63, 3.8) is 0 Å². The Balaban J connectivity index is 1.85. The van der Waals surface area contributed by atoms with Crippen LogP contribution in [-0.2, 0) is 5.75 Å². The predicted octanol–water partition coefficient (Wildman–Crippen LogP) is 3.59. The van der Waals surface area contributed by atoms with Gasteiger partial charge in [-0.05, 0) is 54.1 Å². The van der Waals surface area contributed by atoms with Crippen molar-refractivity contribution >= 4 is 11.8 Å². The lowest BCUT2D eigenvalue weighted by atomic mass is 10.1. The van der Waals surface area contributed by atoms with Crippen molar-refractivity contribution in [1.29, 1.82) is 0 Å². The summed E-state index contributed by atoms with van der Waals surface area (Å²) in [6.45, 7) is 4.13. The monoisotopic (exact) mass is 356 g/mol. The lowest BCUT2D eigenvalue weighted by molar-refractivity contribution is 0.400. The average Bonchev–Trinajstić information content (AvgIpc) is 3.08. The standard InChI is InChI=1S/C18H20N4O2S/c1-12-5-7-16(13(2)9-12)22-18(19-20-21-22)25-11-14-10-15(23-3)6-8-17(14)24-4/h5-10H,11H2,1-4H3. The first-order chi connectivity index (χ1) is 12.1. The van der Waals surface area contributed by atoms with E-state index in [1.807, 2.05) is 24.3 Å². The van der Waals surface area contributed by atoms with E-state index >= 15 is 0 Å². The lowest BCUT2D eigenvalue weighted by Crippen LogP contribution is -2.02. The van der Waals surface area contributed by atoms with Crippen LogP contribution in [0.3, 0.4) is 0 Å². The van der Waals surface area contributed by atoms with Crippen molar-refractivity contribution in [3.8, 4) is 17.2 Å². The average molecular weight is 356 g/mol. The Bertz CT molecular complexity index is 879. The van der Waals surface area contributed by atoms with Crippen LogP contribution in [-0.4, -0.2) is 34.4 Å². The van der Waals surface area contributed by atoms with Crippen LogP contribution in [0.4, 0.5) is 0 Å². The van der Waals surface area contributed by atoms with Crippen LogP contribution in [0.5, 0.6) is 11.5 Å². The molecule has 0 fully saturated rings. The van der Waals surface area contributed by atoms with Gasteiger partial charge in [-0.2, -0.15) is 4.68 Å². The largest absolute Gasteiger partial charge is 0.497 e. The normalized spacial score (nSPS) is 10.7. The molecule has 3 rings (SSSR count). The Morgan fingerprint density at radius 2 is 1.88 bits per heavy atom. The van der Waals surface area contributed by atoms with Crippen LogP contribution in [0.2, 0.25) is 0 Å². The fraction of sp³-hybridized carbons (Fsp3) is 0.278. The van der Waals surface area contributed by atoms with E-state index in [1.165, 1.54) is 5.56 Å². The third kappa shape index (κ3) is 3.76. The van der Waals surface area contributed by atoms with Gasteiger partial charge in [-0.1, -0.05) is 29.5 Å². The molecular weight excluding hydrogens is 336 g/mol. The van der Waals surface area contributed by atoms with E-state index in [2.05, 4.69) is 41.5 Å². The molecule has 0 saturated heterocycles. The Labute approximate surface area is 151 Å². The molecule has 2 aromatic carbocycles. The number of aromatic nitrogens is 4. The van der Waals surface area contributed by atoms with Gasteiger partial charge >= 0.3 is 0 Å². The van der Waals surface area contributed by atoms with Crippen molar-refractivity contribution in [2.24, 2.45) is 0 Å². The quantitative estimate of drug-likeness (QED) is 0.629. The summed E-state index contributed by atoms with van der Waals surface area (Å²) >= 11 is 1.55. The third-order valence-electron chi connectivity index (χ3n) is 3.87. The molecule has 130 valence electrons. The minimum atomic E-state index is 0.672. The Kier molecular flexibility index (Phi) is 5.23. The molecule has 0 amide bonds. The molecule has 25 heavy (non-hydrogen) atoms. The van der Waals surface area contributed by atoms with E-state index in [9.17, 15) is 0 Å². The molecule has 0 spiro atoms. The summed E-state index contributed by atoms with van der Waals surface area (Å²) in [5, 5.41) is 12.9. The molecular formula is C18H20N4O2S. The van der Waals surface area contributed by atoms with Crippen LogP contribution in [0.15, 0.2) is 41.6 Å². The second-order valence-corrected chi connectivity index (χ2v) is 6.57. The fourth-order valence-corrected chi connectivity index (χ4v) is 3.46. The van der Waals surface area contributed by atoms with E-state index in [4.69, 9.17) is 9.47 Å². The van der Waals surface area contributed by atoms with Gasteiger partial charge in [0, 0.05) is 11.3 Å². The Morgan fingerprint density at radius 3 is 2.60 bits per heavy atom. The van der Waals surface area contributed by atoms with Crippen molar-refractivity contribution in [2.45, 2.75) is 24.8 Å². The number of rotatable bonds is 6. The third-order valence-corrected chi connectivity index (χ3v) is 4.83. The summed E-state index contributed by atoms with van der Waals surface area (Å²) in [6, 6.07) is 12.0. The van der Waals surface area contributed by atoms with E-state index < -0.39 is 0 Å². The summed E-state index contributed by atoms with van der Waals surface area (Å²) < 4.78 is 12.5. The maximum atomic E-state index is 5.43. The highest BCUT2D eigenvalue weighted by atomic mass is 32.2. The van der Waals surface area contributed by atoms with Crippen molar-refractivity contribution in [3.05, 3.63) is 53.1 Å². The SMILES string of the molecule is COc1ccc(OC)c(CSc2nnnn2-c2ccc(C)cc2C)c1. The molecule has 0 aliphatic heterocycles. The first-order valence-corrected chi connectivity index (χ1v) is 8.80. The summed E-state index contributed by atoms with van der Waals surface area (Å²) in [4.78, 5) is 0. The maximum absolute atomic E-state index is 5.43. The maximum Gasteiger partial charge on any atom is 0.214 e. The van der Waals surface area contributed by atoms with Gasteiger partial charge < -0.3 is 9.47 Å². The molecule has 0 bridgehead atoms. The summed E-state index contributed by atoms with van der Waals surface area (Å²) in [7, 11) is 3.31. The van der Waals surface area contributed by atoms with E-state index in [0.29, 0.717) is 5.75 Å². The summed E-state index contributed by atoms with van der Waals surface area (Å²) in [5.41, 5.74) is 4.36. The number of benzene rings is 2. The number of thioether (sulfide) groups is 1. The van der Waals surface area contributed by atoms with Crippen LogP contribution >= 0.6 is 11.8 Å². The zero-order chi connectivity index (χ0) is 17.8. The molecule has 0 aliphatic carbocycles. The van der Waals surface area contributed by atoms with Gasteiger partial charge in [0.1, 0.15) is 11.5 Å². The Hall–Kier alpha value is -2.54. The van der Waals surface area contributed by atoms with Gasteiger partial charge in [-0.15, -0.1) is 5.10 Å². The topological polar surface area (TPSA) is 62.1 Å². The highest BCUT2D eigenvalue weighted by Crippen LogP contribution is 2.31. The molecule has 0 saturated carbocycles. The molecule has 0 atom stereocenters. The van der Waals surface area contributed by atoms with Gasteiger partial charge in [0.2, 0.25) is 5.16 Å². The number of tetrazole rings is 1. The van der Waals surface area contributed by atoms with Crippen molar-refractivity contribution in [2.75, 3.05) is 14.2 Å². The van der Waals surface area contributed by atoms with E-state index in [1.54, 1.807) is 30.7 Å². The number of nitrogens with zero attached hydrogens (tertiary/aromatic N) is 4. The lowest BCUT2D eigenvalue weighted by Gasteiger charge is -2.11. The van der Waals surface area contributed by atoms with Crippen molar-refractivity contribution < 1.29 is 9.47 Å². The molecule has 0 aliphatic rings. The number of ether oxygens (including phenoxy) is 2. The second kappa shape index (κ2) is 7.57. The molecule has 3 aromatic rings. The molecule has 6 nitrogen and oxygen atoms in total. The van der Waals surface area contributed by atoms with E-state index in [-0.39, 0.29) is 0 Å². The van der Waals surface area contributed by atoms with Gasteiger partial charge in [0.15, 0.2) is 0 Å². The minimum absolute atomic E-state index is 0.672. The highest BCUT2D eigenvalue weighted by molar-refractivity contribution is 7.98. The molecule has 0 N–H and O–H groups in total. The number of aryl methyl sites for hydroxylation is 2. The predicted molar refractivity (Wildman–Crippen MR) is 97.7 cm³/mol. The van der Waals surface area contributed by atoms with Gasteiger partial charge in [-0.25, -0.2) is 0 Å². The van der Waals surface area contributed by atoms with Gasteiger partial charge in [-0.3, -0.25) is 0 Å². The second-order valence-electron chi connectivity index (χ2n) is 5.63. The van der Waals surface area contributed by atoms with Crippen molar-refractivity contribution in [1.82, 2.24) is 20.2 Å². The zero-order valence-electron chi connectivity index (χ0n) is 14.7. The van der Waals surface area contributed by atoms with Crippen LogP contribution < -0.4 is 9.47 Å². The minimum Gasteiger partial charge on any atom is -0.497 e. The molecule has 1 aromatic heterocycles. The van der Waals surface area contributed by atoms with Crippen LogP contribution in [0.25, 0.3) is 5.69 Å². The molecule has 7 heteroatoms. The van der Waals surface area contributed by atoms with Gasteiger partial charge in [0.05, 0.1) is 19.9 Å². The van der Waals surface area contributed by atoms with Gasteiger partial charge in [0.25, 0.3) is 0 Å². The summed E-state index contributed by atoms with van der Waals surface area (Å²) in [5.74, 6) is 2.29. The summed E-state index contributed by atoms with van der Waals surface area (Å²) in [6.07, 6.45) is 0. The number of hydrogen-bond acceptors (Lipinski definition) is 6. The van der Waals surface area contributed by atoms with E-state index in [0.717, 1.165) is 33.5 Å². The first-order valence-electron chi connectivity index (χ1n) is 7.82. The first kappa shape index (κ1) is 17.3. The number of hydrogen-bond donors (Lipinski definition) is 0. The van der Waals surface area contributed by atoms with Crippen LogP contribution in [0, 0.1) is 13.8 Å². The molecule has 0 unspecified atom stereocenters. The highest BCUT2D eigenvalue weighted by Gasteiger charge is 2.13. The van der Waals surface area contributed by atoms with Crippen LogP contribution in [0.1, 0.15) is 16.7 Å². The number of methoxy groups -OCH3 is 2. The molecule has 1 heterocycles.